The van der Waals surface area contributed by atoms with Gasteiger partial charge in [0, 0.05) is 25.4 Å². The first kappa shape index (κ1) is 18.0. The van der Waals surface area contributed by atoms with Crippen LogP contribution in [-0.4, -0.2) is 57.5 Å². The van der Waals surface area contributed by atoms with Crippen molar-refractivity contribution in [2.75, 3.05) is 49.2 Å². The Morgan fingerprint density at radius 3 is 2.67 bits per heavy atom. The van der Waals surface area contributed by atoms with Crippen LogP contribution in [0.4, 0.5) is 20.6 Å². The lowest BCUT2D eigenvalue weighted by molar-refractivity contribution is -0.124. The highest BCUT2D eigenvalue weighted by Gasteiger charge is 2.41. The van der Waals surface area contributed by atoms with E-state index < -0.39 is 12.2 Å². The Bertz CT molecular complexity index is 742. The molecule has 3 heterocycles. The van der Waals surface area contributed by atoms with Gasteiger partial charge in [-0.3, -0.25) is 9.69 Å². The van der Waals surface area contributed by atoms with Gasteiger partial charge in [-0.1, -0.05) is 0 Å². The third-order valence-corrected chi connectivity index (χ3v) is 5.68. The molecule has 0 aromatic heterocycles. The Kier molecular flexibility index (Phi) is 4.67. The van der Waals surface area contributed by atoms with E-state index in [-0.39, 0.29) is 24.8 Å². The van der Waals surface area contributed by atoms with Crippen LogP contribution >= 0.6 is 0 Å². The van der Waals surface area contributed by atoms with Gasteiger partial charge in [-0.15, -0.1) is 0 Å². The molecule has 4 rings (SSSR count). The summed E-state index contributed by atoms with van der Waals surface area (Å²) < 4.78 is 25.3. The SMILES string of the molecule is CC(=O)NCC1CN(c2ccc(N3CCC4(CC3)COC4)c(F)c2)C(=O)O1. The summed E-state index contributed by atoms with van der Waals surface area (Å²) in [6.07, 6.45) is 1.06. The van der Waals surface area contributed by atoms with Gasteiger partial charge in [0.2, 0.25) is 5.91 Å². The standard InChI is InChI=1S/C19H24FN3O4/c1-13(24)21-9-15-10-23(18(25)27-15)14-2-3-17(16(20)8-14)22-6-4-19(5-7-22)11-26-12-19/h2-3,8,15H,4-7,9-12H2,1H3,(H,21,24). The maximum Gasteiger partial charge on any atom is 0.414 e. The summed E-state index contributed by atoms with van der Waals surface area (Å²) in [4.78, 5) is 26.5. The van der Waals surface area contributed by atoms with Gasteiger partial charge in [0.15, 0.2) is 0 Å². The van der Waals surface area contributed by atoms with Crippen LogP contribution in [0, 0.1) is 11.2 Å². The van der Waals surface area contributed by atoms with Gasteiger partial charge >= 0.3 is 6.09 Å². The van der Waals surface area contributed by atoms with Gasteiger partial charge in [0.25, 0.3) is 0 Å². The first-order chi connectivity index (χ1) is 13.0. The van der Waals surface area contributed by atoms with E-state index in [0.717, 1.165) is 39.1 Å². The Morgan fingerprint density at radius 2 is 2.07 bits per heavy atom. The summed E-state index contributed by atoms with van der Waals surface area (Å²) in [7, 11) is 0. The number of rotatable bonds is 4. The van der Waals surface area contributed by atoms with Gasteiger partial charge < -0.3 is 19.7 Å². The first-order valence-electron chi connectivity index (χ1n) is 9.31. The number of nitrogens with zero attached hydrogens (tertiary/aromatic N) is 2. The van der Waals surface area contributed by atoms with E-state index in [4.69, 9.17) is 9.47 Å². The third kappa shape index (κ3) is 3.58. The first-order valence-corrected chi connectivity index (χ1v) is 9.31. The van der Waals surface area contributed by atoms with E-state index >= 15 is 0 Å². The van der Waals surface area contributed by atoms with E-state index in [1.807, 2.05) is 0 Å². The Labute approximate surface area is 157 Å². The topological polar surface area (TPSA) is 71.1 Å². The van der Waals surface area contributed by atoms with Crippen LogP contribution in [0.1, 0.15) is 19.8 Å². The van der Waals surface area contributed by atoms with E-state index in [1.54, 1.807) is 12.1 Å². The molecule has 7 nitrogen and oxygen atoms in total. The lowest BCUT2D eigenvalue weighted by Gasteiger charge is -2.47. The average Bonchev–Trinajstić information content (AvgIpc) is 2.99. The van der Waals surface area contributed by atoms with E-state index in [2.05, 4.69) is 10.2 Å². The van der Waals surface area contributed by atoms with Crippen LogP contribution in [-0.2, 0) is 14.3 Å². The number of carbonyl (C=O) groups is 2. The molecule has 1 atom stereocenters. The molecule has 1 N–H and O–H groups in total. The second-order valence-electron chi connectivity index (χ2n) is 7.67. The van der Waals surface area contributed by atoms with Crippen molar-refractivity contribution in [3.8, 4) is 0 Å². The second kappa shape index (κ2) is 6.99. The molecule has 3 fully saturated rings. The van der Waals surface area contributed by atoms with Gasteiger partial charge in [0.05, 0.1) is 37.7 Å². The van der Waals surface area contributed by atoms with Crippen molar-refractivity contribution in [1.29, 1.82) is 0 Å². The van der Waals surface area contributed by atoms with Gasteiger partial charge in [0.1, 0.15) is 11.9 Å². The zero-order valence-corrected chi connectivity index (χ0v) is 15.4. The third-order valence-electron chi connectivity index (χ3n) is 5.68. The molecule has 3 aliphatic heterocycles. The molecule has 3 saturated heterocycles. The number of halogens is 1. The Morgan fingerprint density at radius 1 is 1.33 bits per heavy atom. The Hall–Kier alpha value is -2.35. The van der Waals surface area contributed by atoms with E-state index in [0.29, 0.717) is 16.8 Å². The summed E-state index contributed by atoms with van der Waals surface area (Å²) in [6.45, 7) is 5.19. The number of hydrogen-bond acceptors (Lipinski definition) is 5. The summed E-state index contributed by atoms with van der Waals surface area (Å²) in [5, 5.41) is 2.63. The minimum Gasteiger partial charge on any atom is -0.442 e. The van der Waals surface area contributed by atoms with Crippen LogP contribution in [0.2, 0.25) is 0 Å². The number of carbonyl (C=O) groups excluding carboxylic acids is 2. The van der Waals surface area contributed by atoms with E-state index in [1.165, 1.54) is 17.9 Å². The predicted molar refractivity (Wildman–Crippen MR) is 97.4 cm³/mol. The molecule has 1 spiro atoms. The summed E-state index contributed by atoms with van der Waals surface area (Å²) in [5.41, 5.74) is 1.33. The van der Waals surface area contributed by atoms with Crippen LogP contribution in [0.5, 0.6) is 0 Å². The molecule has 1 aromatic carbocycles. The van der Waals surface area contributed by atoms with Gasteiger partial charge in [-0.25, -0.2) is 9.18 Å². The molecule has 146 valence electrons. The quantitative estimate of drug-likeness (QED) is 0.868. The molecule has 0 aliphatic carbocycles. The Balaban J connectivity index is 1.41. The molecule has 1 unspecified atom stereocenters. The number of amides is 2. The van der Waals surface area contributed by atoms with Crippen molar-refractivity contribution in [1.82, 2.24) is 5.32 Å². The summed E-state index contributed by atoms with van der Waals surface area (Å²) in [6, 6.07) is 4.86. The smallest absolute Gasteiger partial charge is 0.414 e. The molecule has 27 heavy (non-hydrogen) atoms. The molecular weight excluding hydrogens is 353 g/mol. The second-order valence-corrected chi connectivity index (χ2v) is 7.67. The number of benzene rings is 1. The predicted octanol–water partition coefficient (Wildman–Crippen LogP) is 1.90. The zero-order chi connectivity index (χ0) is 19.0. The van der Waals surface area contributed by atoms with Gasteiger partial charge in [-0.05, 0) is 31.0 Å². The fraction of sp³-hybridized carbons (Fsp3) is 0.579. The highest BCUT2D eigenvalue weighted by Crippen LogP contribution is 2.40. The highest BCUT2D eigenvalue weighted by molar-refractivity contribution is 5.90. The maximum absolute atomic E-state index is 14.8. The number of piperidine rings is 1. The number of hydrogen-bond donors (Lipinski definition) is 1. The van der Waals surface area contributed by atoms with Crippen molar-refractivity contribution in [3.05, 3.63) is 24.0 Å². The minimum absolute atomic E-state index is 0.184. The largest absolute Gasteiger partial charge is 0.442 e. The zero-order valence-electron chi connectivity index (χ0n) is 15.4. The van der Waals surface area contributed by atoms with Crippen molar-refractivity contribution in [3.63, 3.8) is 0 Å². The van der Waals surface area contributed by atoms with Crippen molar-refractivity contribution in [2.24, 2.45) is 5.41 Å². The summed E-state index contributed by atoms with van der Waals surface area (Å²) in [5.74, 6) is -0.525. The monoisotopic (exact) mass is 377 g/mol. The number of nitrogens with one attached hydrogen (secondary N) is 1. The lowest BCUT2D eigenvalue weighted by atomic mass is 9.77. The van der Waals surface area contributed by atoms with Crippen LogP contribution < -0.4 is 15.1 Å². The molecule has 0 saturated carbocycles. The molecule has 0 radical (unpaired) electrons. The highest BCUT2D eigenvalue weighted by atomic mass is 19.1. The fourth-order valence-electron chi connectivity index (χ4n) is 3.92. The molecule has 8 heteroatoms. The lowest BCUT2D eigenvalue weighted by Crippen LogP contribution is -2.51. The van der Waals surface area contributed by atoms with Crippen LogP contribution in [0.3, 0.4) is 0 Å². The fourth-order valence-corrected chi connectivity index (χ4v) is 3.92. The summed E-state index contributed by atoms with van der Waals surface area (Å²) >= 11 is 0. The molecule has 3 aliphatic rings. The van der Waals surface area contributed by atoms with Crippen LogP contribution in [0.15, 0.2) is 18.2 Å². The number of ether oxygens (including phenoxy) is 2. The van der Waals surface area contributed by atoms with Crippen molar-refractivity contribution < 1.29 is 23.5 Å². The van der Waals surface area contributed by atoms with E-state index in [9.17, 15) is 14.0 Å². The molecular formula is C19H24FN3O4. The minimum atomic E-state index is -0.526. The molecule has 1 aromatic rings. The van der Waals surface area contributed by atoms with Crippen LogP contribution in [0.25, 0.3) is 0 Å². The van der Waals surface area contributed by atoms with Crippen molar-refractivity contribution >= 4 is 23.4 Å². The number of cyclic esters (lactones) is 1. The maximum atomic E-state index is 14.8. The average molecular weight is 377 g/mol. The normalized spacial score (nSPS) is 23.9. The van der Waals surface area contributed by atoms with Crippen molar-refractivity contribution in [2.45, 2.75) is 25.9 Å². The molecule has 0 bridgehead atoms. The molecule has 2 amide bonds. The van der Waals surface area contributed by atoms with Gasteiger partial charge in [-0.2, -0.15) is 0 Å². The number of anilines is 2.